The van der Waals surface area contributed by atoms with Crippen LogP contribution in [-0.2, 0) is 4.74 Å². The number of hydrogen-bond acceptors (Lipinski definition) is 4. The van der Waals surface area contributed by atoms with Crippen molar-refractivity contribution in [1.82, 2.24) is 15.1 Å². The van der Waals surface area contributed by atoms with Crippen molar-refractivity contribution in [2.45, 2.75) is 64.3 Å². The summed E-state index contributed by atoms with van der Waals surface area (Å²) in [5, 5.41) is 3.56. The third kappa shape index (κ3) is 4.99. The van der Waals surface area contributed by atoms with Gasteiger partial charge in [-0.05, 0) is 47.6 Å². The van der Waals surface area contributed by atoms with Crippen LogP contribution in [0, 0.1) is 0 Å². The Kier molecular flexibility index (Phi) is 5.46. The Morgan fingerprint density at radius 1 is 1.15 bits per heavy atom. The molecular formula is C16H33N3O. The summed E-state index contributed by atoms with van der Waals surface area (Å²) in [4.78, 5) is 5.02. The predicted molar refractivity (Wildman–Crippen MR) is 84.2 cm³/mol. The average molecular weight is 283 g/mol. The number of rotatable bonds is 4. The quantitative estimate of drug-likeness (QED) is 0.847. The molecule has 4 heteroatoms. The Bertz CT molecular complexity index is 303. The summed E-state index contributed by atoms with van der Waals surface area (Å²) >= 11 is 0. The molecule has 3 unspecified atom stereocenters. The van der Waals surface area contributed by atoms with Crippen molar-refractivity contribution < 1.29 is 4.74 Å². The normalized spacial score (nSPS) is 33.8. The van der Waals surface area contributed by atoms with Crippen LogP contribution in [0.2, 0.25) is 0 Å². The molecule has 2 saturated heterocycles. The summed E-state index contributed by atoms with van der Waals surface area (Å²) in [5.41, 5.74) is 0.188. The van der Waals surface area contributed by atoms with Crippen molar-refractivity contribution in [3.05, 3.63) is 0 Å². The second-order valence-electron chi connectivity index (χ2n) is 7.69. The highest BCUT2D eigenvalue weighted by Gasteiger charge is 2.30. The first-order chi connectivity index (χ1) is 9.33. The fourth-order valence-electron chi connectivity index (χ4n) is 3.19. The zero-order valence-corrected chi connectivity index (χ0v) is 14.0. The van der Waals surface area contributed by atoms with Crippen LogP contribution >= 0.6 is 0 Å². The van der Waals surface area contributed by atoms with Crippen LogP contribution in [0.3, 0.4) is 0 Å². The molecule has 4 nitrogen and oxygen atoms in total. The minimum absolute atomic E-state index is 0.188. The Balaban J connectivity index is 1.70. The Labute approximate surface area is 124 Å². The van der Waals surface area contributed by atoms with Gasteiger partial charge in [-0.25, -0.2) is 0 Å². The highest BCUT2D eigenvalue weighted by molar-refractivity contribution is 4.84. The number of hydrogen-bond donors (Lipinski definition) is 1. The van der Waals surface area contributed by atoms with E-state index in [0.717, 1.165) is 13.1 Å². The number of nitrogens with zero attached hydrogens (tertiary/aromatic N) is 2. The zero-order chi connectivity index (χ0) is 14.8. The summed E-state index contributed by atoms with van der Waals surface area (Å²) in [6.07, 6.45) is 3.26. The number of nitrogens with one attached hydrogen (secondary N) is 1. The van der Waals surface area contributed by atoms with E-state index in [1.165, 1.54) is 32.5 Å². The molecule has 2 heterocycles. The monoisotopic (exact) mass is 283 g/mol. The first-order valence-corrected chi connectivity index (χ1v) is 8.16. The summed E-state index contributed by atoms with van der Waals surface area (Å²) in [7, 11) is 2.22. The van der Waals surface area contributed by atoms with E-state index >= 15 is 0 Å². The molecule has 2 rings (SSSR count). The van der Waals surface area contributed by atoms with Crippen LogP contribution in [0.1, 0.15) is 40.5 Å². The van der Waals surface area contributed by atoms with E-state index in [-0.39, 0.29) is 5.54 Å². The summed E-state index contributed by atoms with van der Waals surface area (Å²) in [5.74, 6) is 0. The molecule has 0 aromatic carbocycles. The molecule has 0 radical (unpaired) electrons. The average Bonchev–Trinajstić information content (AvgIpc) is 2.77. The minimum atomic E-state index is 0.188. The van der Waals surface area contributed by atoms with Gasteiger partial charge in [-0.1, -0.05) is 0 Å². The van der Waals surface area contributed by atoms with Crippen LogP contribution in [0.4, 0.5) is 0 Å². The van der Waals surface area contributed by atoms with E-state index in [1.54, 1.807) is 0 Å². The smallest absolute Gasteiger partial charge is 0.0707 e. The molecular weight excluding hydrogens is 250 g/mol. The topological polar surface area (TPSA) is 27.7 Å². The van der Waals surface area contributed by atoms with Crippen LogP contribution in [0.25, 0.3) is 0 Å². The van der Waals surface area contributed by atoms with E-state index in [2.05, 4.69) is 49.9 Å². The van der Waals surface area contributed by atoms with Gasteiger partial charge in [0.25, 0.3) is 0 Å². The van der Waals surface area contributed by atoms with Crippen LogP contribution in [0.15, 0.2) is 0 Å². The molecule has 1 N–H and O–H groups in total. The van der Waals surface area contributed by atoms with Gasteiger partial charge < -0.3 is 15.0 Å². The van der Waals surface area contributed by atoms with E-state index in [9.17, 15) is 0 Å². The second kappa shape index (κ2) is 6.73. The van der Waals surface area contributed by atoms with Gasteiger partial charge in [0.2, 0.25) is 0 Å². The number of piperazine rings is 1. The van der Waals surface area contributed by atoms with Gasteiger partial charge in [0.05, 0.1) is 12.2 Å². The second-order valence-corrected chi connectivity index (χ2v) is 7.69. The van der Waals surface area contributed by atoms with Gasteiger partial charge in [-0.15, -0.1) is 0 Å². The summed E-state index contributed by atoms with van der Waals surface area (Å²) in [6, 6.07) is 0.657. The first kappa shape index (κ1) is 16.2. The Morgan fingerprint density at radius 3 is 2.50 bits per heavy atom. The van der Waals surface area contributed by atoms with Crippen LogP contribution in [-0.4, -0.2) is 73.4 Å². The van der Waals surface area contributed by atoms with E-state index in [0.29, 0.717) is 18.2 Å². The van der Waals surface area contributed by atoms with Crippen molar-refractivity contribution >= 4 is 0 Å². The van der Waals surface area contributed by atoms with Gasteiger partial charge in [-0.3, -0.25) is 4.90 Å². The highest BCUT2D eigenvalue weighted by atomic mass is 16.5. The lowest BCUT2D eigenvalue weighted by molar-refractivity contribution is -0.000552. The van der Waals surface area contributed by atoms with Gasteiger partial charge >= 0.3 is 0 Å². The molecule has 0 aliphatic carbocycles. The fourth-order valence-corrected chi connectivity index (χ4v) is 3.19. The largest absolute Gasteiger partial charge is 0.372 e. The molecule has 0 spiro atoms. The molecule has 2 aliphatic heterocycles. The third-order valence-corrected chi connectivity index (χ3v) is 4.46. The van der Waals surface area contributed by atoms with Gasteiger partial charge in [0, 0.05) is 44.3 Å². The molecule has 0 aromatic heterocycles. The SMILES string of the molecule is CC1CN(C)CCN1CC1CCC(CNC(C)(C)C)O1. The molecule has 3 atom stereocenters. The number of likely N-dealkylation sites (N-methyl/N-ethyl adjacent to an activating group) is 1. The molecule has 0 bridgehead atoms. The maximum absolute atomic E-state index is 6.22. The molecule has 2 fully saturated rings. The van der Waals surface area contributed by atoms with Crippen molar-refractivity contribution in [2.75, 3.05) is 39.8 Å². The number of ether oxygens (including phenoxy) is 1. The van der Waals surface area contributed by atoms with Crippen LogP contribution < -0.4 is 5.32 Å². The zero-order valence-electron chi connectivity index (χ0n) is 14.0. The predicted octanol–water partition coefficient (Wildman–Crippen LogP) is 1.56. The minimum Gasteiger partial charge on any atom is -0.372 e. The van der Waals surface area contributed by atoms with Gasteiger partial charge in [-0.2, -0.15) is 0 Å². The molecule has 2 aliphatic rings. The van der Waals surface area contributed by atoms with Crippen molar-refractivity contribution in [1.29, 1.82) is 0 Å². The third-order valence-electron chi connectivity index (χ3n) is 4.46. The van der Waals surface area contributed by atoms with Crippen molar-refractivity contribution in [2.24, 2.45) is 0 Å². The Morgan fingerprint density at radius 2 is 1.85 bits per heavy atom. The molecule has 20 heavy (non-hydrogen) atoms. The maximum atomic E-state index is 6.22. The van der Waals surface area contributed by atoms with E-state index in [1.807, 2.05) is 0 Å². The fraction of sp³-hybridized carbons (Fsp3) is 1.00. The lowest BCUT2D eigenvalue weighted by Crippen LogP contribution is -2.52. The molecule has 0 saturated carbocycles. The lowest BCUT2D eigenvalue weighted by Gasteiger charge is -2.39. The first-order valence-electron chi connectivity index (χ1n) is 8.16. The highest BCUT2D eigenvalue weighted by Crippen LogP contribution is 2.22. The molecule has 0 aromatic rings. The van der Waals surface area contributed by atoms with Crippen molar-refractivity contribution in [3.8, 4) is 0 Å². The summed E-state index contributed by atoms with van der Waals surface area (Å²) in [6.45, 7) is 14.6. The van der Waals surface area contributed by atoms with Crippen molar-refractivity contribution in [3.63, 3.8) is 0 Å². The summed E-state index contributed by atoms with van der Waals surface area (Å²) < 4.78 is 6.22. The molecule has 0 amide bonds. The van der Waals surface area contributed by atoms with Gasteiger partial charge in [0.15, 0.2) is 0 Å². The maximum Gasteiger partial charge on any atom is 0.0707 e. The molecule has 118 valence electrons. The van der Waals surface area contributed by atoms with Gasteiger partial charge in [0.1, 0.15) is 0 Å². The van der Waals surface area contributed by atoms with E-state index < -0.39 is 0 Å². The standard InChI is InChI=1S/C16H33N3O/c1-13-11-18(5)8-9-19(13)12-15-7-6-14(20-15)10-17-16(2,3)4/h13-15,17H,6-12H2,1-5H3. The lowest BCUT2D eigenvalue weighted by atomic mass is 10.1. The van der Waals surface area contributed by atoms with E-state index in [4.69, 9.17) is 4.74 Å². The Hall–Kier alpha value is -0.160. The van der Waals surface area contributed by atoms with Crippen LogP contribution in [0.5, 0.6) is 0 Å².